The molecular weight excluding hydrogens is 653 g/mol. The predicted molar refractivity (Wildman–Crippen MR) is 224 cm³/mol. The summed E-state index contributed by atoms with van der Waals surface area (Å²) in [4.78, 5) is 9.17. The lowest BCUT2D eigenvalue weighted by molar-refractivity contribution is 0.720. The van der Waals surface area contributed by atoms with Crippen LogP contribution >= 0.6 is 0 Å². The molecule has 2 aromatic heterocycles. The van der Waals surface area contributed by atoms with Crippen LogP contribution in [0, 0.1) is 0 Å². The lowest BCUT2D eigenvalue weighted by Gasteiger charge is -2.34. The third-order valence-corrected chi connectivity index (χ3v) is 11.0. The lowest BCUT2D eigenvalue weighted by Crippen LogP contribution is -2.16. The molecule has 2 heterocycles. The lowest BCUT2D eigenvalue weighted by atomic mass is 9.69. The van der Waals surface area contributed by atoms with Crippen molar-refractivity contribution in [2.45, 2.75) is 11.8 Å². The largest absolute Gasteiger partial charge is 0.264 e. The summed E-state index contributed by atoms with van der Waals surface area (Å²) in [6, 6.07) is 59.5. The molecule has 10 rings (SSSR count). The van der Waals surface area contributed by atoms with Crippen molar-refractivity contribution in [2.75, 3.05) is 0 Å². The molecule has 2 heteroatoms. The highest BCUT2D eigenvalue weighted by molar-refractivity contribution is 5.97. The molecule has 0 spiro atoms. The summed E-state index contributed by atoms with van der Waals surface area (Å²) in [6.07, 6.45) is 14.8. The first-order chi connectivity index (χ1) is 26.8. The van der Waals surface area contributed by atoms with Crippen LogP contribution in [0.15, 0.2) is 207 Å². The number of rotatable bonds is 6. The van der Waals surface area contributed by atoms with Gasteiger partial charge >= 0.3 is 0 Å². The van der Waals surface area contributed by atoms with Crippen molar-refractivity contribution in [3.63, 3.8) is 0 Å². The molecule has 2 unspecified atom stereocenters. The molecule has 2 aliphatic carbocycles. The van der Waals surface area contributed by atoms with E-state index >= 15 is 0 Å². The van der Waals surface area contributed by atoms with E-state index in [1.807, 2.05) is 36.8 Å². The molecule has 0 saturated heterocycles. The van der Waals surface area contributed by atoms with Crippen molar-refractivity contribution in [3.05, 3.63) is 218 Å². The van der Waals surface area contributed by atoms with E-state index in [-0.39, 0.29) is 0 Å². The van der Waals surface area contributed by atoms with Crippen LogP contribution in [0.1, 0.15) is 23.0 Å². The van der Waals surface area contributed by atoms with Crippen LogP contribution in [-0.4, -0.2) is 9.97 Å². The normalized spacial score (nSPS) is 15.3. The number of nitrogens with zero attached hydrogens (tertiary/aromatic N) is 2. The standard InChI is InChI=1S/C52H36N2/c1-3-17-42(40(15-1)35-26-27-50-48-23-8-7-21-46(48)47-22-9-10-24-49(47)51(50)33-35)44-19-5-6-20-45(44)43-18-4-2-16-41(43)38-30-37(36-14-13-28-53-34-36)31-39(32-38)52-25-11-12-29-54-52/h1-34,47,49H. The van der Waals surface area contributed by atoms with Gasteiger partial charge in [0.25, 0.3) is 0 Å². The molecule has 0 aliphatic heterocycles. The molecule has 0 radical (unpaired) electrons. The van der Waals surface area contributed by atoms with Gasteiger partial charge in [0.15, 0.2) is 0 Å². The fraction of sp³-hybridized carbons (Fsp3) is 0.0385. The minimum atomic E-state index is 0.310. The average Bonchev–Trinajstić information content (AvgIpc) is 3.27. The fourth-order valence-electron chi connectivity index (χ4n) is 8.54. The Hall–Kier alpha value is -6.90. The summed E-state index contributed by atoms with van der Waals surface area (Å²) in [5, 5.41) is 0. The molecule has 0 N–H and O–H groups in total. The van der Waals surface area contributed by atoms with E-state index in [1.54, 1.807) is 0 Å². The fourth-order valence-corrected chi connectivity index (χ4v) is 8.54. The van der Waals surface area contributed by atoms with E-state index < -0.39 is 0 Å². The quantitative estimate of drug-likeness (QED) is 0.174. The van der Waals surface area contributed by atoms with Gasteiger partial charge in [-0.3, -0.25) is 9.97 Å². The highest BCUT2D eigenvalue weighted by atomic mass is 14.7. The van der Waals surface area contributed by atoms with Crippen molar-refractivity contribution in [1.29, 1.82) is 0 Å². The summed E-state index contributed by atoms with van der Waals surface area (Å²) < 4.78 is 0. The minimum absolute atomic E-state index is 0.310. The number of pyridine rings is 2. The first-order valence-electron chi connectivity index (χ1n) is 18.6. The Kier molecular flexibility index (Phi) is 8.00. The highest BCUT2D eigenvalue weighted by Gasteiger charge is 2.32. The summed E-state index contributed by atoms with van der Waals surface area (Å²) in [6.45, 7) is 0. The molecule has 0 bridgehead atoms. The number of benzene rings is 6. The van der Waals surface area contributed by atoms with Crippen molar-refractivity contribution < 1.29 is 0 Å². The topological polar surface area (TPSA) is 25.8 Å². The third-order valence-electron chi connectivity index (χ3n) is 11.0. The molecule has 54 heavy (non-hydrogen) atoms. The van der Waals surface area contributed by atoms with Gasteiger partial charge in [-0.15, -0.1) is 0 Å². The van der Waals surface area contributed by atoms with Gasteiger partial charge in [0.05, 0.1) is 5.69 Å². The van der Waals surface area contributed by atoms with E-state index in [9.17, 15) is 0 Å². The van der Waals surface area contributed by atoms with Crippen molar-refractivity contribution in [3.8, 4) is 78.0 Å². The maximum atomic E-state index is 4.73. The van der Waals surface area contributed by atoms with E-state index in [0.717, 1.165) is 27.9 Å². The number of allylic oxidation sites excluding steroid dienone is 4. The van der Waals surface area contributed by atoms with Gasteiger partial charge in [0.1, 0.15) is 0 Å². The Morgan fingerprint density at radius 1 is 0.333 bits per heavy atom. The summed E-state index contributed by atoms with van der Waals surface area (Å²) in [5.41, 5.74) is 19.2. The second kappa shape index (κ2) is 13.6. The Morgan fingerprint density at radius 3 is 1.56 bits per heavy atom. The van der Waals surface area contributed by atoms with Crippen LogP contribution in [-0.2, 0) is 0 Å². The van der Waals surface area contributed by atoms with E-state index in [0.29, 0.717) is 11.8 Å². The van der Waals surface area contributed by atoms with Crippen LogP contribution in [0.4, 0.5) is 0 Å². The molecule has 0 fully saturated rings. The molecule has 8 aromatic rings. The zero-order valence-corrected chi connectivity index (χ0v) is 29.7. The van der Waals surface area contributed by atoms with E-state index in [2.05, 4.69) is 175 Å². The Bertz CT molecular complexity index is 2670. The van der Waals surface area contributed by atoms with Crippen molar-refractivity contribution in [1.82, 2.24) is 9.97 Å². The predicted octanol–water partition coefficient (Wildman–Crippen LogP) is 13.5. The van der Waals surface area contributed by atoms with Crippen LogP contribution in [0.5, 0.6) is 0 Å². The van der Waals surface area contributed by atoms with Gasteiger partial charge in [0, 0.05) is 41.6 Å². The molecular formula is C52H36N2. The van der Waals surface area contributed by atoms with Crippen molar-refractivity contribution >= 4 is 0 Å². The molecule has 0 saturated carbocycles. The maximum Gasteiger partial charge on any atom is 0.0702 e. The average molecular weight is 689 g/mol. The van der Waals surface area contributed by atoms with Gasteiger partial charge in [-0.25, -0.2) is 0 Å². The van der Waals surface area contributed by atoms with Crippen molar-refractivity contribution in [2.24, 2.45) is 0 Å². The van der Waals surface area contributed by atoms with Gasteiger partial charge in [-0.05, 0) is 115 Å². The number of aromatic nitrogens is 2. The molecule has 2 nitrogen and oxygen atoms in total. The zero-order chi connectivity index (χ0) is 35.8. The Balaban J connectivity index is 1.12. The second-order valence-electron chi connectivity index (χ2n) is 14.1. The molecule has 2 aliphatic rings. The summed E-state index contributed by atoms with van der Waals surface area (Å²) in [5.74, 6) is 0.654. The molecule has 0 amide bonds. The molecule has 2 atom stereocenters. The van der Waals surface area contributed by atoms with Crippen LogP contribution < -0.4 is 0 Å². The summed E-state index contributed by atoms with van der Waals surface area (Å²) >= 11 is 0. The van der Waals surface area contributed by atoms with E-state index in [4.69, 9.17) is 4.98 Å². The monoisotopic (exact) mass is 688 g/mol. The Morgan fingerprint density at radius 2 is 0.889 bits per heavy atom. The van der Waals surface area contributed by atoms with Crippen LogP contribution in [0.3, 0.4) is 0 Å². The van der Waals surface area contributed by atoms with Gasteiger partial charge in [-0.2, -0.15) is 0 Å². The van der Waals surface area contributed by atoms with Crippen LogP contribution in [0.25, 0.3) is 78.0 Å². The number of hydrogen-bond acceptors (Lipinski definition) is 2. The highest BCUT2D eigenvalue weighted by Crippen LogP contribution is 2.51. The smallest absolute Gasteiger partial charge is 0.0702 e. The SMILES string of the molecule is C1=CC2c3ccccc3-c3ccc(-c4ccccc4-c4ccccc4-c4ccccc4-c4cc(-c5cccnc5)cc(-c5ccccn5)c4)cc3C2C=C1. The summed E-state index contributed by atoms with van der Waals surface area (Å²) in [7, 11) is 0. The maximum absolute atomic E-state index is 4.73. The number of hydrogen-bond donors (Lipinski definition) is 0. The van der Waals surface area contributed by atoms with E-state index in [1.165, 1.54) is 61.2 Å². The molecule has 254 valence electrons. The minimum Gasteiger partial charge on any atom is -0.264 e. The van der Waals surface area contributed by atoms with Gasteiger partial charge in [-0.1, -0.05) is 146 Å². The number of fused-ring (bicyclic) bond motifs is 6. The molecule has 6 aromatic carbocycles. The zero-order valence-electron chi connectivity index (χ0n) is 29.7. The van der Waals surface area contributed by atoms with Crippen LogP contribution in [0.2, 0.25) is 0 Å². The first-order valence-corrected chi connectivity index (χ1v) is 18.6. The third kappa shape index (κ3) is 5.60. The Labute approximate surface area is 316 Å². The van der Waals surface area contributed by atoms with Gasteiger partial charge in [0.2, 0.25) is 0 Å². The first kappa shape index (κ1) is 31.8. The second-order valence-corrected chi connectivity index (χ2v) is 14.1. The van der Waals surface area contributed by atoms with Gasteiger partial charge < -0.3 is 0 Å².